The molecule has 0 fully saturated rings. The molecular formula is C19H23NO4. The van der Waals surface area contributed by atoms with E-state index in [2.05, 4.69) is 5.32 Å². The van der Waals surface area contributed by atoms with Gasteiger partial charge in [0.05, 0.1) is 13.7 Å². The highest BCUT2D eigenvalue weighted by atomic mass is 16.5. The molecule has 0 bridgehead atoms. The molecule has 0 atom stereocenters. The van der Waals surface area contributed by atoms with E-state index in [-0.39, 0.29) is 24.8 Å². The molecule has 2 aromatic carbocycles. The summed E-state index contributed by atoms with van der Waals surface area (Å²) in [5, 5.41) is 21.5. The summed E-state index contributed by atoms with van der Waals surface area (Å²) < 4.78 is 5.44. The van der Waals surface area contributed by atoms with Gasteiger partial charge in [0.1, 0.15) is 11.5 Å². The van der Waals surface area contributed by atoms with E-state index < -0.39 is 0 Å². The fraction of sp³-hybridized carbons (Fsp3) is 0.316. The second-order valence-corrected chi connectivity index (χ2v) is 5.70. The van der Waals surface area contributed by atoms with Crippen LogP contribution in [-0.2, 0) is 6.42 Å². The molecule has 2 rings (SSSR count). The first-order valence-corrected chi connectivity index (χ1v) is 7.82. The van der Waals surface area contributed by atoms with Crippen molar-refractivity contribution in [3.63, 3.8) is 0 Å². The first-order chi connectivity index (χ1) is 11.5. The Balaban J connectivity index is 2.23. The number of rotatable bonds is 6. The number of nitrogens with one attached hydrogen (secondary N) is 1. The molecule has 0 aliphatic carbocycles. The first-order valence-electron chi connectivity index (χ1n) is 7.82. The SMILES string of the molecule is COc1cc(C)c(O)c(C)c1Cc1ccc(C(=O)NCCO)cc1. The highest BCUT2D eigenvalue weighted by molar-refractivity contribution is 5.94. The average Bonchev–Trinajstić information content (AvgIpc) is 2.60. The van der Waals surface area contributed by atoms with Crippen molar-refractivity contribution in [1.29, 1.82) is 0 Å². The molecule has 0 aliphatic heterocycles. The van der Waals surface area contributed by atoms with E-state index in [4.69, 9.17) is 9.84 Å². The zero-order valence-electron chi connectivity index (χ0n) is 14.2. The first kappa shape index (κ1) is 17.8. The fourth-order valence-corrected chi connectivity index (χ4v) is 2.63. The highest BCUT2D eigenvalue weighted by Gasteiger charge is 2.14. The molecule has 0 aliphatic rings. The summed E-state index contributed by atoms with van der Waals surface area (Å²) in [5.74, 6) is 0.815. The Morgan fingerprint density at radius 2 is 1.88 bits per heavy atom. The van der Waals surface area contributed by atoms with Crippen molar-refractivity contribution in [2.45, 2.75) is 20.3 Å². The summed E-state index contributed by atoms with van der Waals surface area (Å²) in [6, 6.07) is 9.08. The molecule has 2 aromatic rings. The predicted molar refractivity (Wildman–Crippen MR) is 92.8 cm³/mol. The number of phenolic OH excluding ortho intramolecular Hbond substituents is 1. The molecular weight excluding hydrogens is 306 g/mol. The zero-order chi connectivity index (χ0) is 17.7. The predicted octanol–water partition coefficient (Wildman–Crippen LogP) is 2.33. The van der Waals surface area contributed by atoms with Crippen molar-refractivity contribution in [1.82, 2.24) is 5.32 Å². The van der Waals surface area contributed by atoms with E-state index in [1.807, 2.05) is 32.0 Å². The van der Waals surface area contributed by atoms with Crippen LogP contribution in [0, 0.1) is 13.8 Å². The maximum Gasteiger partial charge on any atom is 0.251 e. The van der Waals surface area contributed by atoms with Crippen LogP contribution in [0.3, 0.4) is 0 Å². The maximum absolute atomic E-state index is 11.8. The van der Waals surface area contributed by atoms with Gasteiger partial charge in [0.15, 0.2) is 0 Å². The van der Waals surface area contributed by atoms with Crippen molar-refractivity contribution in [3.8, 4) is 11.5 Å². The minimum Gasteiger partial charge on any atom is -0.507 e. The third kappa shape index (κ3) is 3.86. The Labute approximate surface area is 141 Å². The molecule has 0 spiro atoms. The molecule has 5 nitrogen and oxygen atoms in total. The Hall–Kier alpha value is -2.53. The van der Waals surface area contributed by atoms with Crippen LogP contribution in [0.5, 0.6) is 11.5 Å². The number of carbonyl (C=O) groups excluding carboxylic acids is 1. The summed E-state index contributed by atoms with van der Waals surface area (Å²) >= 11 is 0. The van der Waals surface area contributed by atoms with Gasteiger partial charge < -0.3 is 20.3 Å². The topological polar surface area (TPSA) is 78.8 Å². The number of hydrogen-bond acceptors (Lipinski definition) is 4. The molecule has 1 amide bonds. The van der Waals surface area contributed by atoms with Crippen molar-refractivity contribution in [2.24, 2.45) is 0 Å². The van der Waals surface area contributed by atoms with Crippen LogP contribution >= 0.6 is 0 Å². The van der Waals surface area contributed by atoms with E-state index >= 15 is 0 Å². The van der Waals surface area contributed by atoms with Gasteiger partial charge in [0, 0.05) is 24.1 Å². The number of aliphatic hydroxyl groups is 1. The molecule has 0 unspecified atom stereocenters. The third-order valence-electron chi connectivity index (χ3n) is 4.04. The minimum absolute atomic E-state index is 0.0835. The fourth-order valence-electron chi connectivity index (χ4n) is 2.63. The van der Waals surface area contributed by atoms with Crippen LogP contribution in [0.1, 0.15) is 32.6 Å². The number of hydrogen-bond donors (Lipinski definition) is 3. The lowest BCUT2D eigenvalue weighted by molar-refractivity contribution is 0.0945. The second-order valence-electron chi connectivity index (χ2n) is 5.70. The molecule has 0 saturated heterocycles. The maximum atomic E-state index is 11.8. The Bertz CT molecular complexity index is 723. The van der Waals surface area contributed by atoms with Crippen LogP contribution < -0.4 is 10.1 Å². The standard InChI is InChI=1S/C19H23NO4/c1-12-10-17(24-3)16(13(2)18(12)22)11-14-4-6-15(7-5-14)19(23)20-8-9-21/h4-7,10,21-22H,8-9,11H2,1-3H3,(H,20,23). The zero-order valence-corrected chi connectivity index (χ0v) is 14.2. The molecule has 5 heteroatoms. The molecule has 128 valence electrons. The number of benzene rings is 2. The average molecular weight is 329 g/mol. The lowest BCUT2D eigenvalue weighted by Gasteiger charge is -2.15. The van der Waals surface area contributed by atoms with Gasteiger partial charge in [0.25, 0.3) is 5.91 Å². The molecule has 24 heavy (non-hydrogen) atoms. The number of amides is 1. The smallest absolute Gasteiger partial charge is 0.251 e. The van der Waals surface area contributed by atoms with Gasteiger partial charge >= 0.3 is 0 Å². The van der Waals surface area contributed by atoms with Gasteiger partial charge in [-0.05, 0) is 48.7 Å². The van der Waals surface area contributed by atoms with Crippen molar-refractivity contribution >= 4 is 5.91 Å². The van der Waals surface area contributed by atoms with Gasteiger partial charge in [-0.2, -0.15) is 0 Å². The summed E-state index contributed by atoms with van der Waals surface area (Å²) in [5.41, 5.74) is 4.07. The molecule has 0 heterocycles. The van der Waals surface area contributed by atoms with Gasteiger partial charge in [0.2, 0.25) is 0 Å². The highest BCUT2D eigenvalue weighted by Crippen LogP contribution is 2.34. The van der Waals surface area contributed by atoms with Gasteiger partial charge in [-0.25, -0.2) is 0 Å². The van der Waals surface area contributed by atoms with E-state index in [0.29, 0.717) is 12.0 Å². The van der Waals surface area contributed by atoms with Crippen LogP contribution in [0.25, 0.3) is 0 Å². The third-order valence-corrected chi connectivity index (χ3v) is 4.04. The number of aromatic hydroxyl groups is 1. The number of methoxy groups -OCH3 is 1. The summed E-state index contributed by atoms with van der Waals surface area (Å²) in [6.07, 6.45) is 0.599. The van der Waals surface area contributed by atoms with Crippen LogP contribution in [0.15, 0.2) is 30.3 Å². The Morgan fingerprint density at radius 3 is 2.46 bits per heavy atom. The summed E-state index contributed by atoms with van der Waals surface area (Å²) in [7, 11) is 1.61. The van der Waals surface area contributed by atoms with Crippen molar-refractivity contribution in [3.05, 3.63) is 58.1 Å². The Morgan fingerprint density at radius 1 is 1.21 bits per heavy atom. The second kappa shape index (κ2) is 7.84. The number of carbonyl (C=O) groups is 1. The van der Waals surface area contributed by atoms with Gasteiger partial charge in [-0.3, -0.25) is 4.79 Å². The van der Waals surface area contributed by atoms with E-state index in [1.54, 1.807) is 19.2 Å². The van der Waals surface area contributed by atoms with E-state index in [1.165, 1.54) is 0 Å². The van der Waals surface area contributed by atoms with Gasteiger partial charge in [-0.1, -0.05) is 12.1 Å². The minimum atomic E-state index is -0.211. The summed E-state index contributed by atoms with van der Waals surface area (Å²) in [6.45, 7) is 3.87. The van der Waals surface area contributed by atoms with Crippen molar-refractivity contribution < 1.29 is 19.7 Å². The molecule has 0 radical (unpaired) electrons. The molecule has 0 saturated carbocycles. The largest absolute Gasteiger partial charge is 0.507 e. The number of aliphatic hydroxyl groups excluding tert-OH is 1. The monoisotopic (exact) mass is 329 g/mol. The van der Waals surface area contributed by atoms with Crippen LogP contribution in [0.4, 0.5) is 0 Å². The Kier molecular flexibility index (Phi) is 5.82. The lowest BCUT2D eigenvalue weighted by Crippen LogP contribution is -2.26. The van der Waals surface area contributed by atoms with E-state index in [9.17, 15) is 9.90 Å². The normalized spacial score (nSPS) is 10.5. The van der Waals surface area contributed by atoms with Crippen LogP contribution in [0.2, 0.25) is 0 Å². The number of aryl methyl sites for hydroxylation is 1. The lowest BCUT2D eigenvalue weighted by atomic mass is 9.96. The van der Waals surface area contributed by atoms with Crippen molar-refractivity contribution in [2.75, 3.05) is 20.3 Å². The van der Waals surface area contributed by atoms with Crippen LogP contribution in [-0.4, -0.2) is 36.4 Å². The number of phenols is 1. The quantitative estimate of drug-likeness (QED) is 0.760. The van der Waals surface area contributed by atoms with Gasteiger partial charge in [-0.15, -0.1) is 0 Å². The molecule has 3 N–H and O–H groups in total. The number of ether oxygens (including phenoxy) is 1. The molecule has 0 aromatic heterocycles. The summed E-state index contributed by atoms with van der Waals surface area (Å²) in [4.78, 5) is 11.8. The van der Waals surface area contributed by atoms with E-state index in [0.717, 1.165) is 28.0 Å².